The molecule has 0 unspecified atom stereocenters. The van der Waals surface area contributed by atoms with E-state index in [1.165, 1.54) is 4.40 Å². The molecule has 152 valence electrons. The quantitative estimate of drug-likeness (QED) is 0.401. The Hall–Kier alpha value is -3.68. The van der Waals surface area contributed by atoms with Crippen LogP contribution in [0.15, 0.2) is 58.1 Å². The highest BCUT2D eigenvalue weighted by atomic mass is 16.3. The average molecular weight is 404 g/mol. The molecule has 0 radical (unpaired) electrons. The number of nitrogen functional groups attached to an aromatic ring is 1. The van der Waals surface area contributed by atoms with Gasteiger partial charge < -0.3 is 15.5 Å². The number of hydrogen-bond donors (Lipinski definition) is 2. The Balaban J connectivity index is 1.70. The lowest BCUT2D eigenvalue weighted by atomic mass is 10.1. The molecule has 30 heavy (non-hydrogen) atoms. The molecule has 0 aromatic carbocycles. The normalized spacial score (nSPS) is 14.5. The molecule has 1 aliphatic rings. The van der Waals surface area contributed by atoms with Crippen molar-refractivity contribution in [2.75, 3.05) is 5.73 Å². The second-order valence-electron chi connectivity index (χ2n) is 7.60. The highest BCUT2D eigenvalue weighted by Crippen LogP contribution is 2.28. The van der Waals surface area contributed by atoms with Gasteiger partial charge >= 0.3 is 0 Å². The highest BCUT2D eigenvalue weighted by Gasteiger charge is 2.30. The SMILES string of the molecule is Nc1c(C(=O)NCc2ccco2)cc2c(=O)n3ccccc3nc2[n+]1C1CCCC1. The Morgan fingerprint density at radius 1 is 1.27 bits per heavy atom. The van der Waals surface area contributed by atoms with Gasteiger partial charge in [0.25, 0.3) is 17.1 Å². The summed E-state index contributed by atoms with van der Waals surface area (Å²) in [5, 5.41) is 3.20. The van der Waals surface area contributed by atoms with Gasteiger partial charge in [-0.05, 0) is 56.0 Å². The van der Waals surface area contributed by atoms with Crippen LogP contribution in [0, 0.1) is 0 Å². The molecule has 4 aromatic heterocycles. The molecular formula is C22H22N5O3+. The van der Waals surface area contributed by atoms with Crippen molar-refractivity contribution in [3.8, 4) is 0 Å². The van der Waals surface area contributed by atoms with E-state index >= 15 is 0 Å². The number of nitrogens with zero attached hydrogens (tertiary/aromatic N) is 3. The summed E-state index contributed by atoms with van der Waals surface area (Å²) < 4.78 is 8.65. The lowest BCUT2D eigenvalue weighted by molar-refractivity contribution is -0.685. The maximum absolute atomic E-state index is 13.2. The maximum Gasteiger partial charge on any atom is 0.278 e. The zero-order chi connectivity index (χ0) is 20.7. The summed E-state index contributed by atoms with van der Waals surface area (Å²) in [7, 11) is 0. The molecule has 0 saturated heterocycles. The van der Waals surface area contributed by atoms with Gasteiger partial charge in [-0.1, -0.05) is 11.1 Å². The van der Waals surface area contributed by atoms with E-state index in [0.29, 0.717) is 28.3 Å². The lowest BCUT2D eigenvalue weighted by Crippen LogP contribution is -2.45. The highest BCUT2D eigenvalue weighted by molar-refractivity contribution is 6.00. The molecule has 0 atom stereocenters. The van der Waals surface area contributed by atoms with E-state index in [4.69, 9.17) is 15.1 Å². The number of nitrogens with one attached hydrogen (secondary N) is 1. The largest absolute Gasteiger partial charge is 0.467 e. The number of hydrogen-bond acceptors (Lipinski definition) is 5. The van der Waals surface area contributed by atoms with E-state index in [9.17, 15) is 9.59 Å². The van der Waals surface area contributed by atoms with Crippen molar-refractivity contribution in [3.63, 3.8) is 0 Å². The fourth-order valence-electron chi connectivity index (χ4n) is 4.25. The summed E-state index contributed by atoms with van der Waals surface area (Å²) in [6.45, 7) is 0.238. The zero-order valence-electron chi connectivity index (χ0n) is 16.4. The minimum absolute atomic E-state index is 0.114. The Kier molecular flexibility index (Phi) is 4.46. The predicted molar refractivity (Wildman–Crippen MR) is 111 cm³/mol. The first kappa shape index (κ1) is 18.4. The van der Waals surface area contributed by atoms with Crippen LogP contribution >= 0.6 is 0 Å². The van der Waals surface area contributed by atoms with Gasteiger partial charge in [0, 0.05) is 6.20 Å². The number of amides is 1. The number of carbonyl (C=O) groups excluding carboxylic acids is 1. The van der Waals surface area contributed by atoms with Gasteiger partial charge in [-0.15, -0.1) is 0 Å². The second kappa shape index (κ2) is 7.29. The third-order valence-electron chi connectivity index (χ3n) is 5.74. The number of fused-ring (bicyclic) bond motifs is 2. The van der Waals surface area contributed by atoms with Gasteiger partial charge in [-0.2, -0.15) is 0 Å². The topological polar surface area (TPSA) is 107 Å². The first-order valence-corrected chi connectivity index (χ1v) is 10.1. The number of pyridine rings is 2. The van der Waals surface area contributed by atoms with E-state index in [1.807, 2.05) is 10.6 Å². The molecule has 8 heteroatoms. The summed E-state index contributed by atoms with van der Waals surface area (Å²) in [4.78, 5) is 30.9. The monoisotopic (exact) mass is 404 g/mol. The third-order valence-corrected chi connectivity index (χ3v) is 5.74. The van der Waals surface area contributed by atoms with Crippen LogP contribution in [0.5, 0.6) is 0 Å². The van der Waals surface area contributed by atoms with Crippen molar-refractivity contribution >= 4 is 28.4 Å². The van der Waals surface area contributed by atoms with Crippen LogP contribution in [0.3, 0.4) is 0 Å². The van der Waals surface area contributed by atoms with Gasteiger partial charge in [0.05, 0.1) is 18.8 Å². The van der Waals surface area contributed by atoms with Crippen molar-refractivity contribution in [1.29, 1.82) is 0 Å². The van der Waals surface area contributed by atoms with Crippen LogP contribution in [0.25, 0.3) is 16.7 Å². The number of carbonyl (C=O) groups is 1. The summed E-state index contributed by atoms with van der Waals surface area (Å²) in [6.07, 6.45) is 7.28. The van der Waals surface area contributed by atoms with E-state index < -0.39 is 0 Å². The van der Waals surface area contributed by atoms with E-state index in [2.05, 4.69) is 5.32 Å². The van der Waals surface area contributed by atoms with Crippen LogP contribution in [0.4, 0.5) is 5.82 Å². The standard InChI is InChI=1S/C22H21N5O3/c23-19-16(21(28)24-13-15-8-5-11-30-15)12-17-20(27(19)14-6-1-2-7-14)25-18-9-3-4-10-26(18)22(17)29/h3-5,8-12,14,23H,1-2,6-7,13H2,(H,24,28)/p+1. The Morgan fingerprint density at radius 3 is 2.87 bits per heavy atom. The molecule has 1 saturated carbocycles. The number of nitrogens with two attached hydrogens (primary N) is 1. The van der Waals surface area contributed by atoms with Gasteiger partial charge in [0.2, 0.25) is 11.5 Å². The van der Waals surface area contributed by atoms with Crippen molar-refractivity contribution in [3.05, 3.63) is 70.5 Å². The Bertz CT molecular complexity index is 1300. The predicted octanol–water partition coefficient (Wildman–Crippen LogP) is 2.36. The molecule has 1 amide bonds. The van der Waals surface area contributed by atoms with Crippen molar-refractivity contribution in [2.24, 2.45) is 0 Å². The number of anilines is 1. The van der Waals surface area contributed by atoms with Crippen LogP contribution in [-0.2, 0) is 6.54 Å². The van der Waals surface area contributed by atoms with Crippen LogP contribution < -0.4 is 21.2 Å². The minimum Gasteiger partial charge on any atom is -0.467 e. The second-order valence-corrected chi connectivity index (χ2v) is 7.60. The van der Waals surface area contributed by atoms with Crippen molar-refractivity contribution in [2.45, 2.75) is 38.3 Å². The van der Waals surface area contributed by atoms with Gasteiger partial charge in [-0.25, -0.2) is 4.57 Å². The Morgan fingerprint density at radius 2 is 2.10 bits per heavy atom. The molecule has 3 N–H and O–H groups in total. The summed E-state index contributed by atoms with van der Waals surface area (Å²) in [6, 6.07) is 10.6. The van der Waals surface area contributed by atoms with E-state index in [0.717, 1.165) is 25.7 Å². The summed E-state index contributed by atoms with van der Waals surface area (Å²) in [5.74, 6) is 0.618. The first-order valence-electron chi connectivity index (χ1n) is 10.1. The minimum atomic E-state index is -0.352. The molecule has 0 bridgehead atoms. The van der Waals surface area contributed by atoms with Gasteiger partial charge in [0.15, 0.2) is 0 Å². The van der Waals surface area contributed by atoms with Crippen LogP contribution in [-0.4, -0.2) is 15.3 Å². The van der Waals surface area contributed by atoms with Gasteiger partial charge in [0.1, 0.15) is 16.7 Å². The van der Waals surface area contributed by atoms with E-state index in [1.54, 1.807) is 42.8 Å². The lowest BCUT2D eigenvalue weighted by Gasteiger charge is -2.16. The number of furan rings is 1. The zero-order valence-corrected chi connectivity index (χ0v) is 16.4. The molecule has 0 spiro atoms. The van der Waals surface area contributed by atoms with Crippen LogP contribution in [0.2, 0.25) is 0 Å². The maximum atomic E-state index is 13.2. The smallest absolute Gasteiger partial charge is 0.278 e. The van der Waals surface area contributed by atoms with Crippen molar-refractivity contribution in [1.82, 2.24) is 14.7 Å². The molecule has 4 aromatic rings. The van der Waals surface area contributed by atoms with Crippen molar-refractivity contribution < 1.29 is 13.8 Å². The summed E-state index contributed by atoms with van der Waals surface area (Å²) in [5.41, 5.74) is 7.64. The Labute approximate surface area is 172 Å². The first-order chi connectivity index (χ1) is 14.6. The molecule has 1 aliphatic carbocycles. The molecule has 1 fully saturated rings. The number of rotatable bonds is 4. The molecule has 8 nitrogen and oxygen atoms in total. The average Bonchev–Trinajstić information content (AvgIpc) is 3.46. The number of aromatic nitrogens is 3. The van der Waals surface area contributed by atoms with Gasteiger partial charge in [-0.3, -0.25) is 14.0 Å². The molecular weight excluding hydrogens is 382 g/mol. The fraction of sp³-hybridized carbons (Fsp3) is 0.273. The van der Waals surface area contributed by atoms with Crippen LogP contribution in [0.1, 0.15) is 47.8 Å². The van der Waals surface area contributed by atoms with E-state index in [-0.39, 0.29) is 29.6 Å². The fourth-order valence-corrected chi connectivity index (χ4v) is 4.25. The molecule has 5 rings (SSSR count). The summed E-state index contributed by atoms with van der Waals surface area (Å²) >= 11 is 0. The molecule has 4 heterocycles. The third kappa shape index (κ3) is 3.01. The molecule has 0 aliphatic heterocycles.